The number of thiophene rings is 1. The number of aliphatic hydroxyl groups is 1. The van der Waals surface area contributed by atoms with Crippen LogP contribution in [-0.4, -0.2) is 5.11 Å². The van der Waals surface area contributed by atoms with E-state index in [4.69, 9.17) is 0 Å². The van der Waals surface area contributed by atoms with Crippen LogP contribution in [0.2, 0.25) is 0 Å². The van der Waals surface area contributed by atoms with Crippen molar-refractivity contribution < 1.29 is 9.50 Å². The Morgan fingerprint density at radius 2 is 2.19 bits per heavy atom. The second-order valence-corrected chi connectivity index (χ2v) is 5.25. The first kappa shape index (κ1) is 11.8. The minimum absolute atomic E-state index is 0.339. The van der Waals surface area contributed by atoms with Crippen LogP contribution in [0.25, 0.3) is 0 Å². The molecule has 0 aliphatic heterocycles. The van der Waals surface area contributed by atoms with Crippen molar-refractivity contribution in [3.63, 3.8) is 0 Å². The summed E-state index contributed by atoms with van der Waals surface area (Å²) in [5.74, 6) is -0.339. The Kier molecular flexibility index (Phi) is 3.74. The van der Waals surface area contributed by atoms with Gasteiger partial charge in [0.15, 0.2) is 0 Å². The van der Waals surface area contributed by atoms with Crippen molar-refractivity contribution in [1.82, 2.24) is 0 Å². The van der Waals surface area contributed by atoms with Crippen LogP contribution in [0.1, 0.15) is 17.2 Å². The number of halogens is 2. The van der Waals surface area contributed by atoms with Gasteiger partial charge in [0, 0.05) is 10.9 Å². The highest BCUT2D eigenvalue weighted by atomic mass is 79.9. The van der Waals surface area contributed by atoms with Gasteiger partial charge < -0.3 is 5.11 Å². The maximum absolute atomic E-state index is 13.1. The van der Waals surface area contributed by atoms with Gasteiger partial charge in [0.25, 0.3) is 0 Å². The number of aliphatic hydroxyl groups excluding tert-OH is 1. The van der Waals surface area contributed by atoms with E-state index in [0.29, 0.717) is 16.5 Å². The average Bonchev–Trinajstić information content (AvgIpc) is 2.68. The lowest BCUT2D eigenvalue weighted by atomic mass is 10.0. The fourth-order valence-electron chi connectivity index (χ4n) is 1.52. The standard InChI is InChI=1S/C12H10BrFOS/c13-10-4-9(5-11(14)6-10)12(15)3-8-1-2-16-7-8/h1-2,4-7,12,15H,3H2. The van der Waals surface area contributed by atoms with Crippen molar-refractivity contribution in [2.75, 3.05) is 0 Å². The molecule has 0 saturated heterocycles. The van der Waals surface area contributed by atoms with E-state index < -0.39 is 6.10 Å². The highest BCUT2D eigenvalue weighted by molar-refractivity contribution is 9.10. The minimum atomic E-state index is -0.665. The van der Waals surface area contributed by atoms with Crippen molar-refractivity contribution in [3.05, 3.63) is 56.4 Å². The summed E-state index contributed by atoms with van der Waals surface area (Å²) in [5.41, 5.74) is 1.66. The Hall–Kier alpha value is -0.710. The fourth-order valence-corrected chi connectivity index (χ4v) is 2.68. The van der Waals surface area contributed by atoms with Crippen LogP contribution >= 0.6 is 27.3 Å². The second-order valence-electron chi connectivity index (χ2n) is 3.55. The summed E-state index contributed by atoms with van der Waals surface area (Å²) in [4.78, 5) is 0. The molecular weight excluding hydrogens is 291 g/mol. The predicted molar refractivity (Wildman–Crippen MR) is 67.1 cm³/mol. The molecule has 1 aromatic heterocycles. The van der Waals surface area contributed by atoms with E-state index in [9.17, 15) is 9.50 Å². The number of hydrogen-bond acceptors (Lipinski definition) is 2. The number of rotatable bonds is 3. The molecule has 0 aliphatic carbocycles. The summed E-state index contributed by atoms with van der Waals surface area (Å²) in [6.45, 7) is 0. The Morgan fingerprint density at radius 1 is 1.38 bits per heavy atom. The van der Waals surface area contributed by atoms with Crippen LogP contribution in [0.4, 0.5) is 4.39 Å². The third-order valence-electron chi connectivity index (χ3n) is 2.28. The maximum atomic E-state index is 13.1. The van der Waals surface area contributed by atoms with Gasteiger partial charge in [0.2, 0.25) is 0 Å². The highest BCUT2D eigenvalue weighted by Gasteiger charge is 2.10. The first-order chi connectivity index (χ1) is 7.65. The average molecular weight is 301 g/mol. The summed E-state index contributed by atoms with van der Waals surface area (Å²) in [6.07, 6.45) is -0.152. The smallest absolute Gasteiger partial charge is 0.124 e. The lowest BCUT2D eigenvalue weighted by Crippen LogP contribution is -2.01. The summed E-state index contributed by atoms with van der Waals surface area (Å²) < 4.78 is 13.8. The Labute approximate surface area is 106 Å². The molecule has 4 heteroatoms. The molecular formula is C12H10BrFOS. The molecule has 16 heavy (non-hydrogen) atoms. The van der Waals surface area contributed by atoms with Gasteiger partial charge in [-0.2, -0.15) is 11.3 Å². The van der Waals surface area contributed by atoms with Gasteiger partial charge in [-0.15, -0.1) is 0 Å². The van der Waals surface area contributed by atoms with Gasteiger partial charge >= 0.3 is 0 Å². The number of benzene rings is 1. The van der Waals surface area contributed by atoms with E-state index in [0.717, 1.165) is 5.56 Å². The third kappa shape index (κ3) is 2.90. The van der Waals surface area contributed by atoms with Crippen LogP contribution in [0.3, 0.4) is 0 Å². The Bertz CT molecular complexity index is 450. The van der Waals surface area contributed by atoms with E-state index in [2.05, 4.69) is 15.9 Å². The molecule has 0 aliphatic rings. The van der Waals surface area contributed by atoms with Crippen molar-refractivity contribution in [1.29, 1.82) is 0 Å². The molecule has 1 nitrogen and oxygen atoms in total. The van der Waals surface area contributed by atoms with Gasteiger partial charge in [-0.05, 0) is 46.2 Å². The molecule has 0 spiro atoms. The lowest BCUT2D eigenvalue weighted by molar-refractivity contribution is 0.178. The zero-order chi connectivity index (χ0) is 11.5. The first-order valence-electron chi connectivity index (χ1n) is 4.80. The highest BCUT2D eigenvalue weighted by Crippen LogP contribution is 2.23. The van der Waals surface area contributed by atoms with E-state index >= 15 is 0 Å². The van der Waals surface area contributed by atoms with Crippen molar-refractivity contribution in [2.45, 2.75) is 12.5 Å². The normalized spacial score (nSPS) is 12.7. The molecule has 1 atom stereocenters. The molecule has 0 radical (unpaired) electrons. The number of hydrogen-bond donors (Lipinski definition) is 1. The van der Waals surface area contributed by atoms with E-state index in [1.54, 1.807) is 17.4 Å². The van der Waals surface area contributed by atoms with Gasteiger partial charge in [-0.1, -0.05) is 15.9 Å². The molecule has 0 amide bonds. The van der Waals surface area contributed by atoms with E-state index in [-0.39, 0.29) is 5.82 Å². The van der Waals surface area contributed by atoms with E-state index in [1.165, 1.54) is 12.1 Å². The molecule has 2 aromatic rings. The van der Waals surface area contributed by atoms with Crippen LogP contribution in [0.5, 0.6) is 0 Å². The second kappa shape index (κ2) is 5.08. The third-order valence-corrected chi connectivity index (χ3v) is 3.47. The molecule has 1 aromatic carbocycles. The van der Waals surface area contributed by atoms with Crippen LogP contribution in [-0.2, 0) is 6.42 Å². The molecule has 84 valence electrons. The maximum Gasteiger partial charge on any atom is 0.124 e. The Morgan fingerprint density at radius 3 is 2.81 bits per heavy atom. The van der Waals surface area contributed by atoms with Gasteiger partial charge in [0.05, 0.1) is 6.10 Å². The van der Waals surface area contributed by atoms with Crippen molar-refractivity contribution in [3.8, 4) is 0 Å². The molecule has 1 unspecified atom stereocenters. The zero-order valence-electron chi connectivity index (χ0n) is 8.36. The molecule has 0 saturated carbocycles. The molecule has 0 fully saturated rings. The zero-order valence-corrected chi connectivity index (χ0v) is 10.8. The summed E-state index contributed by atoms with van der Waals surface area (Å²) in [7, 11) is 0. The lowest BCUT2D eigenvalue weighted by Gasteiger charge is -2.10. The van der Waals surface area contributed by atoms with E-state index in [1.807, 2.05) is 16.8 Å². The van der Waals surface area contributed by atoms with Crippen molar-refractivity contribution >= 4 is 27.3 Å². The summed E-state index contributed by atoms with van der Waals surface area (Å²) >= 11 is 4.80. The Balaban J connectivity index is 2.17. The van der Waals surface area contributed by atoms with Crippen LogP contribution in [0.15, 0.2) is 39.5 Å². The van der Waals surface area contributed by atoms with Gasteiger partial charge in [0.1, 0.15) is 5.82 Å². The summed E-state index contributed by atoms with van der Waals surface area (Å²) in [6, 6.07) is 6.44. The fraction of sp³-hybridized carbons (Fsp3) is 0.167. The minimum Gasteiger partial charge on any atom is -0.388 e. The monoisotopic (exact) mass is 300 g/mol. The van der Waals surface area contributed by atoms with Crippen LogP contribution in [0, 0.1) is 5.82 Å². The topological polar surface area (TPSA) is 20.2 Å². The first-order valence-corrected chi connectivity index (χ1v) is 6.54. The van der Waals surface area contributed by atoms with Gasteiger partial charge in [-0.3, -0.25) is 0 Å². The van der Waals surface area contributed by atoms with Crippen LogP contribution < -0.4 is 0 Å². The molecule has 1 heterocycles. The van der Waals surface area contributed by atoms with Gasteiger partial charge in [-0.25, -0.2) is 4.39 Å². The quantitative estimate of drug-likeness (QED) is 0.911. The summed E-state index contributed by atoms with van der Waals surface area (Å²) in [5, 5.41) is 13.9. The molecule has 0 bridgehead atoms. The SMILES string of the molecule is OC(Cc1ccsc1)c1cc(F)cc(Br)c1. The largest absolute Gasteiger partial charge is 0.388 e. The van der Waals surface area contributed by atoms with Crippen molar-refractivity contribution in [2.24, 2.45) is 0 Å². The predicted octanol–water partition coefficient (Wildman–Crippen LogP) is 3.93. The molecule has 2 rings (SSSR count). The molecule has 1 N–H and O–H groups in total.